The Morgan fingerprint density at radius 2 is 1.96 bits per heavy atom. The summed E-state index contributed by atoms with van der Waals surface area (Å²) in [6, 6.07) is 16.8. The number of thioether (sulfide) groups is 1. The Bertz CT molecular complexity index is 695. The summed E-state index contributed by atoms with van der Waals surface area (Å²) < 4.78 is 11.8. The molecule has 0 aliphatic carbocycles. The molecule has 6 heteroatoms. The Morgan fingerprint density at radius 1 is 1.25 bits per heavy atom. The van der Waals surface area contributed by atoms with E-state index in [-0.39, 0.29) is 11.3 Å². The van der Waals surface area contributed by atoms with E-state index in [1.165, 1.54) is 11.8 Å². The summed E-state index contributed by atoms with van der Waals surface area (Å²) in [6.45, 7) is 2.33. The second-order valence-corrected chi connectivity index (χ2v) is 7.02. The summed E-state index contributed by atoms with van der Waals surface area (Å²) in [5, 5.41) is 3.40. The lowest BCUT2D eigenvalue weighted by Gasteiger charge is -2.23. The molecule has 2 atom stereocenters. The number of ether oxygens (including phenoxy) is 2. The van der Waals surface area contributed by atoms with Crippen LogP contribution < -0.4 is 5.32 Å². The van der Waals surface area contributed by atoms with E-state index in [1.807, 2.05) is 61.5 Å². The van der Waals surface area contributed by atoms with E-state index in [9.17, 15) is 4.79 Å². The van der Waals surface area contributed by atoms with E-state index in [4.69, 9.17) is 21.1 Å². The molecule has 0 saturated carbocycles. The van der Waals surface area contributed by atoms with Gasteiger partial charge in [0.1, 0.15) is 0 Å². The van der Waals surface area contributed by atoms with Gasteiger partial charge in [0, 0.05) is 22.0 Å². The Hall–Kier alpha value is -1.53. The van der Waals surface area contributed by atoms with Crippen molar-refractivity contribution in [2.45, 2.75) is 18.8 Å². The molecule has 2 aromatic rings. The predicted octanol–water partition coefficient (Wildman–Crippen LogP) is 4.89. The maximum Gasteiger partial charge on any atom is 0.283 e. The number of amides is 1. The highest BCUT2D eigenvalue weighted by Crippen LogP contribution is 2.35. The third-order valence-corrected chi connectivity index (χ3v) is 4.88. The molecule has 1 N–H and O–H groups in total. The highest BCUT2D eigenvalue weighted by molar-refractivity contribution is 8.13. The number of hydrogen-bond acceptors (Lipinski definition) is 4. The minimum atomic E-state index is -0.800. The van der Waals surface area contributed by atoms with Crippen LogP contribution in [0.4, 0.5) is 10.5 Å². The van der Waals surface area contributed by atoms with Gasteiger partial charge in [-0.2, -0.15) is 0 Å². The summed E-state index contributed by atoms with van der Waals surface area (Å²) in [6.07, 6.45) is -0.141. The second-order valence-electron chi connectivity index (χ2n) is 5.59. The van der Waals surface area contributed by atoms with Crippen molar-refractivity contribution >= 4 is 34.3 Å². The van der Waals surface area contributed by atoms with Crippen molar-refractivity contribution in [3.8, 4) is 0 Å². The molecule has 1 aliphatic heterocycles. The summed E-state index contributed by atoms with van der Waals surface area (Å²) in [4.78, 5) is 12.0. The standard InChI is InChI=1S/C18H18ClNO3S/c1-18(13-7-9-14(19)10-8-13)22-11-16(23-18)12-24-17(21)20-15-5-3-2-4-6-15/h2-10,16H,11-12H2,1H3,(H,20,21)/t16-,18+/m1/s1. The van der Waals surface area contributed by atoms with Crippen LogP contribution in [0.5, 0.6) is 0 Å². The molecular weight excluding hydrogens is 346 g/mol. The van der Waals surface area contributed by atoms with E-state index in [0.717, 1.165) is 11.3 Å². The average Bonchev–Trinajstić information content (AvgIpc) is 2.97. The smallest absolute Gasteiger partial charge is 0.283 e. The van der Waals surface area contributed by atoms with Crippen LogP contribution in [0.3, 0.4) is 0 Å². The van der Waals surface area contributed by atoms with Crippen LogP contribution in [0.1, 0.15) is 12.5 Å². The fourth-order valence-electron chi connectivity index (χ4n) is 2.47. The molecule has 1 fully saturated rings. The summed E-state index contributed by atoms with van der Waals surface area (Å²) in [5.41, 5.74) is 1.69. The molecule has 1 amide bonds. The van der Waals surface area contributed by atoms with Crippen LogP contribution in [0.2, 0.25) is 5.02 Å². The van der Waals surface area contributed by atoms with Crippen LogP contribution in [-0.2, 0) is 15.3 Å². The number of anilines is 1. The van der Waals surface area contributed by atoms with Gasteiger partial charge in [-0.1, -0.05) is 53.7 Å². The first-order valence-corrected chi connectivity index (χ1v) is 8.98. The number of carbonyl (C=O) groups excluding carboxylic acids is 1. The lowest BCUT2D eigenvalue weighted by Crippen LogP contribution is -2.24. The molecule has 3 rings (SSSR count). The Labute approximate surface area is 150 Å². The van der Waals surface area contributed by atoms with E-state index in [0.29, 0.717) is 17.4 Å². The van der Waals surface area contributed by atoms with Gasteiger partial charge in [-0.15, -0.1) is 0 Å². The van der Waals surface area contributed by atoms with Gasteiger partial charge < -0.3 is 14.8 Å². The molecule has 1 aliphatic rings. The van der Waals surface area contributed by atoms with Gasteiger partial charge in [0.15, 0.2) is 5.79 Å². The van der Waals surface area contributed by atoms with Gasteiger partial charge in [0.25, 0.3) is 5.24 Å². The van der Waals surface area contributed by atoms with Crippen LogP contribution in [0, 0.1) is 0 Å². The quantitative estimate of drug-likeness (QED) is 0.839. The Balaban J connectivity index is 1.51. The van der Waals surface area contributed by atoms with Crippen LogP contribution in [-0.4, -0.2) is 23.7 Å². The van der Waals surface area contributed by atoms with Crippen molar-refractivity contribution in [2.24, 2.45) is 0 Å². The molecule has 4 nitrogen and oxygen atoms in total. The molecule has 1 heterocycles. The summed E-state index contributed by atoms with van der Waals surface area (Å²) >= 11 is 7.10. The second kappa shape index (κ2) is 7.57. The van der Waals surface area contributed by atoms with Crippen LogP contribution >= 0.6 is 23.4 Å². The maximum absolute atomic E-state index is 12.0. The SMILES string of the molecule is C[C@]1(c2ccc(Cl)cc2)OC[C@H](CSC(=O)Nc2ccccc2)O1. The Kier molecular flexibility index (Phi) is 5.46. The van der Waals surface area contributed by atoms with Gasteiger partial charge in [0.05, 0.1) is 12.7 Å². The fourth-order valence-corrected chi connectivity index (χ4v) is 3.29. The van der Waals surface area contributed by atoms with Crippen molar-refractivity contribution in [2.75, 3.05) is 17.7 Å². The molecule has 0 bridgehead atoms. The number of hydrogen-bond donors (Lipinski definition) is 1. The van der Waals surface area contributed by atoms with E-state index in [2.05, 4.69) is 5.32 Å². The first-order chi connectivity index (χ1) is 11.5. The zero-order chi connectivity index (χ0) is 17.0. The zero-order valence-electron chi connectivity index (χ0n) is 13.2. The molecule has 126 valence electrons. The van der Waals surface area contributed by atoms with E-state index in [1.54, 1.807) is 0 Å². The highest BCUT2D eigenvalue weighted by Gasteiger charge is 2.38. The van der Waals surface area contributed by atoms with E-state index < -0.39 is 5.79 Å². The molecule has 1 saturated heterocycles. The monoisotopic (exact) mass is 363 g/mol. The number of rotatable bonds is 4. The third kappa shape index (κ3) is 4.30. The lowest BCUT2D eigenvalue weighted by atomic mass is 10.1. The third-order valence-electron chi connectivity index (χ3n) is 3.73. The summed E-state index contributed by atoms with van der Waals surface area (Å²) in [5.74, 6) is -0.270. The molecule has 0 aromatic heterocycles. The van der Waals surface area contributed by atoms with Gasteiger partial charge in [0.2, 0.25) is 0 Å². The molecule has 0 radical (unpaired) electrons. The first kappa shape index (κ1) is 17.3. The van der Waals surface area contributed by atoms with Crippen molar-refractivity contribution in [1.82, 2.24) is 0 Å². The van der Waals surface area contributed by atoms with Gasteiger partial charge in [-0.25, -0.2) is 0 Å². The zero-order valence-corrected chi connectivity index (χ0v) is 14.8. The number of nitrogens with one attached hydrogen (secondary N) is 1. The largest absolute Gasteiger partial charge is 0.343 e. The normalized spacial score (nSPS) is 23.2. The van der Waals surface area contributed by atoms with Crippen molar-refractivity contribution < 1.29 is 14.3 Å². The average molecular weight is 364 g/mol. The fraction of sp³-hybridized carbons (Fsp3) is 0.278. The summed E-state index contributed by atoms with van der Waals surface area (Å²) in [7, 11) is 0. The highest BCUT2D eigenvalue weighted by atomic mass is 35.5. The predicted molar refractivity (Wildman–Crippen MR) is 97.5 cm³/mol. The van der Waals surface area contributed by atoms with Crippen molar-refractivity contribution in [3.63, 3.8) is 0 Å². The topological polar surface area (TPSA) is 47.6 Å². The van der Waals surface area contributed by atoms with Crippen molar-refractivity contribution in [3.05, 3.63) is 65.2 Å². The maximum atomic E-state index is 12.0. The Morgan fingerprint density at radius 3 is 2.67 bits per heavy atom. The number of para-hydroxylation sites is 1. The number of benzene rings is 2. The number of halogens is 1. The number of carbonyl (C=O) groups is 1. The first-order valence-electron chi connectivity index (χ1n) is 7.62. The molecule has 0 unspecified atom stereocenters. The van der Waals surface area contributed by atoms with Crippen LogP contribution in [0.15, 0.2) is 54.6 Å². The van der Waals surface area contributed by atoms with Crippen molar-refractivity contribution in [1.29, 1.82) is 0 Å². The molecule has 0 spiro atoms. The van der Waals surface area contributed by atoms with Gasteiger partial charge in [-0.05, 0) is 31.2 Å². The minimum Gasteiger partial charge on any atom is -0.343 e. The van der Waals surface area contributed by atoms with E-state index >= 15 is 0 Å². The molecule has 24 heavy (non-hydrogen) atoms. The molecular formula is C18H18ClNO3S. The van der Waals surface area contributed by atoms with Crippen LogP contribution in [0.25, 0.3) is 0 Å². The van der Waals surface area contributed by atoms with Gasteiger partial charge >= 0.3 is 0 Å². The molecule has 2 aromatic carbocycles. The van der Waals surface area contributed by atoms with Gasteiger partial charge in [-0.3, -0.25) is 4.79 Å². The minimum absolute atomic E-state index is 0.107. The lowest BCUT2D eigenvalue weighted by molar-refractivity contribution is -0.159.